The van der Waals surface area contributed by atoms with E-state index in [1.165, 1.54) is 18.5 Å². The first-order valence-corrected chi connectivity index (χ1v) is 10.9. The van der Waals surface area contributed by atoms with E-state index < -0.39 is 18.5 Å². The standard InChI is InChI=1S/C21H16Cl2N4O4S/c22-13-5-7-17(24-9-13)26-19(28)11-31-21(30)15-3-1-2-4-16(15)32-12-20(29)27-18-8-6-14(23)10-25-18/h1-10H,11-12H2,(H,24,26,28)(H,25,27,29). The van der Waals surface area contributed by atoms with E-state index in [2.05, 4.69) is 20.6 Å². The molecule has 0 aliphatic carbocycles. The quantitative estimate of drug-likeness (QED) is 0.357. The largest absolute Gasteiger partial charge is 0.452 e. The minimum atomic E-state index is -0.688. The van der Waals surface area contributed by atoms with E-state index in [0.29, 0.717) is 20.8 Å². The van der Waals surface area contributed by atoms with Gasteiger partial charge in [-0.1, -0.05) is 35.3 Å². The molecule has 0 bridgehead atoms. The third-order valence-corrected chi connectivity index (χ3v) is 5.31. The summed E-state index contributed by atoms with van der Waals surface area (Å²) in [4.78, 5) is 45.1. The van der Waals surface area contributed by atoms with Gasteiger partial charge in [0, 0.05) is 17.3 Å². The van der Waals surface area contributed by atoms with Crippen LogP contribution in [0.2, 0.25) is 10.0 Å². The van der Waals surface area contributed by atoms with Gasteiger partial charge in [-0.05, 0) is 36.4 Å². The zero-order chi connectivity index (χ0) is 22.9. The van der Waals surface area contributed by atoms with Crippen molar-refractivity contribution in [3.05, 3.63) is 76.5 Å². The molecule has 8 nitrogen and oxygen atoms in total. The molecule has 0 atom stereocenters. The molecule has 2 aromatic heterocycles. The number of carbonyl (C=O) groups excluding carboxylic acids is 3. The van der Waals surface area contributed by atoms with E-state index in [1.807, 2.05) is 0 Å². The number of aromatic nitrogens is 2. The van der Waals surface area contributed by atoms with Gasteiger partial charge < -0.3 is 15.4 Å². The summed E-state index contributed by atoms with van der Waals surface area (Å²) >= 11 is 12.7. The molecule has 1 aromatic carbocycles. The Morgan fingerprint density at radius 3 is 2.03 bits per heavy atom. The van der Waals surface area contributed by atoms with Crippen LogP contribution in [0, 0.1) is 0 Å². The second-order valence-corrected chi connectivity index (χ2v) is 8.07. The van der Waals surface area contributed by atoms with Gasteiger partial charge in [-0.3, -0.25) is 9.59 Å². The van der Waals surface area contributed by atoms with Crippen molar-refractivity contribution in [2.45, 2.75) is 4.90 Å². The van der Waals surface area contributed by atoms with Gasteiger partial charge in [-0.15, -0.1) is 11.8 Å². The zero-order valence-electron chi connectivity index (χ0n) is 16.4. The average Bonchev–Trinajstić information content (AvgIpc) is 2.79. The number of nitrogens with one attached hydrogen (secondary N) is 2. The Morgan fingerprint density at radius 2 is 1.44 bits per heavy atom. The highest BCUT2D eigenvalue weighted by Gasteiger charge is 2.16. The second kappa shape index (κ2) is 11.5. The number of esters is 1. The Balaban J connectivity index is 1.52. The Hall–Kier alpha value is -3.14. The van der Waals surface area contributed by atoms with Gasteiger partial charge in [0.25, 0.3) is 5.91 Å². The first kappa shape index (κ1) is 23.5. The maximum Gasteiger partial charge on any atom is 0.339 e. The van der Waals surface area contributed by atoms with Gasteiger partial charge >= 0.3 is 5.97 Å². The average molecular weight is 491 g/mol. The third kappa shape index (κ3) is 7.23. The van der Waals surface area contributed by atoms with Gasteiger partial charge in [-0.25, -0.2) is 14.8 Å². The summed E-state index contributed by atoms with van der Waals surface area (Å²) in [6.07, 6.45) is 2.81. The van der Waals surface area contributed by atoms with Gasteiger partial charge in [0.2, 0.25) is 5.91 Å². The first-order chi connectivity index (χ1) is 15.4. The van der Waals surface area contributed by atoms with Crippen molar-refractivity contribution in [1.82, 2.24) is 9.97 Å². The van der Waals surface area contributed by atoms with Crippen molar-refractivity contribution >= 4 is 64.4 Å². The normalized spacial score (nSPS) is 10.3. The van der Waals surface area contributed by atoms with Gasteiger partial charge in [-0.2, -0.15) is 0 Å². The van der Waals surface area contributed by atoms with Crippen LogP contribution in [0.4, 0.5) is 11.6 Å². The number of hydrogen-bond acceptors (Lipinski definition) is 7. The monoisotopic (exact) mass is 490 g/mol. The van der Waals surface area contributed by atoms with E-state index in [-0.39, 0.29) is 23.0 Å². The topological polar surface area (TPSA) is 110 Å². The molecule has 164 valence electrons. The molecule has 0 unspecified atom stereocenters. The predicted molar refractivity (Wildman–Crippen MR) is 123 cm³/mol. The Morgan fingerprint density at radius 1 is 0.844 bits per heavy atom. The van der Waals surface area contributed by atoms with Crippen molar-refractivity contribution in [3.63, 3.8) is 0 Å². The molecule has 32 heavy (non-hydrogen) atoms. The Bertz CT molecular complexity index is 1110. The van der Waals surface area contributed by atoms with Gasteiger partial charge in [0.1, 0.15) is 11.6 Å². The van der Waals surface area contributed by atoms with Crippen LogP contribution in [0.1, 0.15) is 10.4 Å². The summed E-state index contributed by atoms with van der Waals surface area (Å²) in [6, 6.07) is 12.9. The fourth-order valence-electron chi connectivity index (χ4n) is 2.37. The number of thioether (sulfide) groups is 1. The highest BCUT2D eigenvalue weighted by Crippen LogP contribution is 2.23. The highest BCUT2D eigenvalue weighted by atomic mass is 35.5. The smallest absolute Gasteiger partial charge is 0.339 e. The van der Waals surface area contributed by atoms with Crippen molar-refractivity contribution < 1.29 is 19.1 Å². The van der Waals surface area contributed by atoms with Crippen molar-refractivity contribution in [3.8, 4) is 0 Å². The lowest BCUT2D eigenvalue weighted by Gasteiger charge is -2.10. The van der Waals surface area contributed by atoms with Crippen LogP contribution in [0.25, 0.3) is 0 Å². The number of halogens is 2. The molecule has 0 aliphatic rings. The summed E-state index contributed by atoms with van der Waals surface area (Å²) < 4.78 is 5.10. The number of ether oxygens (including phenoxy) is 1. The summed E-state index contributed by atoms with van der Waals surface area (Å²) in [5.41, 5.74) is 0.243. The van der Waals surface area contributed by atoms with E-state index in [0.717, 1.165) is 11.8 Å². The highest BCUT2D eigenvalue weighted by molar-refractivity contribution is 8.00. The van der Waals surface area contributed by atoms with Crippen LogP contribution in [0.5, 0.6) is 0 Å². The summed E-state index contributed by atoms with van der Waals surface area (Å²) in [7, 11) is 0. The summed E-state index contributed by atoms with van der Waals surface area (Å²) in [6.45, 7) is -0.495. The molecule has 2 amide bonds. The van der Waals surface area contributed by atoms with E-state index in [4.69, 9.17) is 27.9 Å². The van der Waals surface area contributed by atoms with Crippen LogP contribution >= 0.6 is 35.0 Å². The van der Waals surface area contributed by atoms with Gasteiger partial charge in [0.05, 0.1) is 21.4 Å². The van der Waals surface area contributed by atoms with Crippen molar-refractivity contribution in [2.75, 3.05) is 23.0 Å². The number of amides is 2. The first-order valence-electron chi connectivity index (χ1n) is 9.12. The van der Waals surface area contributed by atoms with Gasteiger partial charge in [0.15, 0.2) is 6.61 Å². The fraction of sp³-hybridized carbons (Fsp3) is 0.0952. The molecule has 11 heteroatoms. The minimum absolute atomic E-state index is 0.0390. The third-order valence-electron chi connectivity index (χ3n) is 3.79. The van der Waals surface area contributed by atoms with Crippen molar-refractivity contribution in [1.29, 1.82) is 0 Å². The van der Waals surface area contributed by atoms with Crippen molar-refractivity contribution in [2.24, 2.45) is 0 Å². The molecule has 0 spiro atoms. The molecular formula is C21H16Cl2N4O4S. The molecule has 0 saturated carbocycles. The van der Waals surface area contributed by atoms with Crippen LogP contribution in [-0.4, -0.2) is 40.1 Å². The number of pyridine rings is 2. The van der Waals surface area contributed by atoms with Crippen LogP contribution in [0.3, 0.4) is 0 Å². The van der Waals surface area contributed by atoms with Crippen LogP contribution < -0.4 is 10.6 Å². The number of benzene rings is 1. The lowest BCUT2D eigenvalue weighted by atomic mass is 10.2. The molecule has 2 N–H and O–H groups in total. The Labute approximate surface area is 197 Å². The molecule has 0 fully saturated rings. The summed E-state index contributed by atoms with van der Waals surface area (Å²) in [5.74, 6) is -0.846. The molecule has 0 radical (unpaired) electrons. The fourth-order valence-corrected chi connectivity index (χ4v) is 3.43. The summed E-state index contributed by atoms with van der Waals surface area (Å²) in [5, 5.41) is 6.03. The number of nitrogens with zero attached hydrogens (tertiary/aromatic N) is 2. The van der Waals surface area contributed by atoms with E-state index in [1.54, 1.807) is 42.5 Å². The lowest BCUT2D eigenvalue weighted by Crippen LogP contribution is -2.21. The zero-order valence-corrected chi connectivity index (χ0v) is 18.7. The number of rotatable bonds is 8. The number of carbonyl (C=O) groups is 3. The Kier molecular flexibility index (Phi) is 8.43. The molecule has 0 saturated heterocycles. The van der Waals surface area contributed by atoms with Crippen LogP contribution in [-0.2, 0) is 14.3 Å². The minimum Gasteiger partial charge on any atom is -0.452 e. The molecule has 0 aliphatic heterocycles. The number of hydrogen-bond donors (Lipinski definition) is 2. The predicted octanol–water partition coefficient (Wildman–Crippen LogP) is 4.31. The molecule has 3 rings (SSSR count). The second-order valence-electron chi connectivity index (χ2n) is 6.18. The SMILES string of the molecule is O=C(COC(=O)c1ccccc1SCC(=O)Nc1ccc(Cl)cn1)Nc1ccc(Cl)cn1. The molecular weight excluding hydrogens is 475 g/mol. The lowest BCUT2D eigenvalue weighted by molar-refractivity contribution is -0.119. The number of anilines is 2. The van der Waals surface area contributed by atoms with E-state index in [9.17, 15) is 14.4 Å². The molecule has 2 heterocycles. The van der Waals surface area contributed by atoms with E-state index >= 15 is 0 Å². The molecule has 3 aromatic rings. The maximum absolute atomic E-state index is 12.5. The van der Waals surface area contributed by atoms with Crippen LogP contribution in [0.15, 0.2) is 65.8 Å². The maximum atomic E-state index is 12.5.